The third-order valence-electron chi connectivity index (χ3n) is 3.44. The van der Waals surface area contributed by atoms with Gasteiger partial charge in [0.15, 0.2) is 0 Å². The van der Waals surface area contributed by atoms with Crippen LogP contribution in [0.2, 0.25) is 0 Å². The lowest BCUT2D eigenvalue weighted by Crippen LogP contribution is -2.24. The lowest BCUT2D eigenvalue weighted by atomic mass is 9.92. The van der Waals surface area contributed by atoms with Crippen LogP contribution in [-0.2, 0) is 14.9 Å². The molecule has 0 heterocycles. The zero-order valence-electron chi connectivity index (χ0n) is 9.19. The van der Waals surface area contributed by atoms with E-state index in [9.17, 15) is 4.79 Å². The van der Waals surface area contributed by atoms with Gasteiger partial charge in [0.25, 0.3) is 0 Å². The fourth-order valence-electron chi connectivity index (χ4n) is 2.46. The van der Waals surface area contributed by atoms with Gasteiger partial charge >= 0.3 is 5.97 Å². The monoisotopic (exact) mass is 204 g/mol. The van der Waals surface area contributed by atoms with Gasteiger partial charge < -0.3 is 4.74 Å². The zero-order valence-corrected chi connectivity index (χ0v) is 9.19. The summed E-state index contributed by atoms with van der Waals surface area (Å²) in [6.45, 7) is 2.12. The number of carbonyl (C=O) groups excluding carboxylic acids is 1. The number of methoxy groups -OCH3 is 1. The van der Waals surface area contributed by atoms with Gasteiger partial charge in [-0.25, -0.2) is 0 Å². The van der Waals surface area contributed by atoms with E-state index in [1.54, 1.807) is 0 Å². The minimum absolute atomic E-state index is 0.0828. The average Bonchev–Trinajstić information content (AvgIpc) is 3.05. The van der Waals surface area contributed by atoms with Crippen molar-refractivity contribution < 1.29 is 9.53 Å². The number of hydrogen-bond donors (Lipinski definition) is 0. The molecular weight excluding hydrogens is 188 g/mol. The first-order chi connectivity index (χ1) is 7.25. The largest absolute Gasteiger partial charge is 0.468 e. The Balaban J connectivity index is 2.34. The van der Waals surface area contributed by atoms with Gasteiger partial charge in [-0.1, -0.05) is 43.7 Å². The van der Waals surface area contributed by atoms with Crippen LogP contribution in [0.25, 0.3) is 0 Å². The molecule has 15 heavy (non-hydrogen) atoms. The quantitative estimate of drug-likeness (QED) is 0.707. The molecule has 0 radical (unpaired) electrons. The molecule has 2 heteroatoms. The summed E-state index contributed by atoms with van der Waals surface area (Å²) in [6, 6.07) is 9.97. The minimum Gasteiger partial charge on any atom is -0.468 e. The fourth-order valence-corrected chi connectivity index (χ4v) is 2.46. The molecule has 0 N–H and O–H groups in total. The summed E-state index contributed by atoms with van der Waals surface area (Å²) in [4.78, 5) is 11.8. The Kier molecular flexibility index (Phi) is 2.51. The smallest absolute Gasteiger partial charge is 0.316 e. The van der Waals surface area contributed by atoms with Crippen molar-refractivity contribution in [3.63, 3.8) is 0 Å². The van der Waals surface area contributed by atoms with E-state index < -0.39 is 0 Å². The summed E-state index contributed by atoms with van der Waals surface area (Å²) in [5.41, 5.74) is 0.758. The Morgan fingerprint density at radius 1 is 1.47 bits per heavy atom. The molecule has 0 saturated heterocycles. The van der Waals surface area contributed by atoms with E-state index in [1.165, 1.54) is 7.11 Å². The van der Waals surface area contributed by atoms with E-state index >= 15 is 0 Å². The third-order valence-corrected chi connectivity index (χ3v) is 3.44. The normalized spacial score (nSPS) is 28.5. The van der Waals surface area contributed by atoms with Crippen LogP contribution in [0.15, 0.2) is 30.3 Å². The third kappa shape index (κ3) is 1.44. The molecule has 1 aliphatic carbocycles. The highest BCUT2D eigenvalue weighted by atomic mass is 16.5. The summed E-state index contributed by atoms with van der Waals surface area (Å²) in [7, 11) is 1.47. The first-order valence-electron chi connectivity index (χ1n) is 5.39. The number of hydrogen-bond acceptors (Lipinski definition) is 2. The van der Waals surface area contributed by atoms with Crippen LogP contribution in [0.4, 0.5) is 0 Å². The number of esters is 1. The molecule has 0 aromatic heterocycles. The standard InChI is InChI=1S/C13H16O2/c1-3-10-9-13(10,12(14)15-2)11-7-5-4-6-8-11/h4-8,10H,3,9H2,1-2H3/t10-,13+/m1/s1. The molecule has 0 aliphatic heterocycles. The molecule has 2 nitrogen and oxygen atoms in total. The van der Waals surface area contributed by atoms with E-state index in [0.717, 1.165) is 18.4 Å². The van der Waals surface area contributed by atoms with Gasteiger partial charge in [0.05, 0.1) is 12.5 Å². The minimum atomic E-state index is -0.342. The molecule has 1 aromatic carbocycles. The van der Waals surface area contributed by atoms with Crippen molar-refractivity contribution >= 4 is 5.97 Å². The number of rotatable bonds is 3. The van der Waals surface area contributed by atoms with Crippen LogP contribution < -0.4 is 0 Å². The van der Waals surface area contributed by atoms with Crippen molar-refractivity contribution in [3.8, 4) is 0 Å². The van der Waals surface area contributed by atoms with Gasteiger partial charge in [0.2, 0.25) is 0 Å². The highest BCUT2D eigenvalue weighted by Gasteiger charge is 2.60. The van der Waals surface area contributed by atoms with Crippen molar-refractivity contribution in [2.45, 2.75) is 25.2 Å². The van der Waals surface area contributed by atoms with Crippen LogP contribution in [0.3, 0.4) is 0 Å². The van der Waals surface area contributed by atoms with Crippen molar-refractivity contribution in [1.29, 1.82) is 0 Å². The van der Waals surface area contributed by atoms with Crippen molar-refractivity contribution in [3.05, 3.63) is 35.9 Å². The summed E-state index contributed by atoms with van der Waals surface area (Å²) in [6.07, 6.45) is 1.96. The van der Waals surface area contributed by atoms with Gasteiger partial charge in [-0.15, -0.1) is 0 Å². The molecule has 1 aromatic rings. The molecule has 1 saturated carbocycles. The first kappa shape index (κ1) is 10.2. The highest BCUT2D eigenvalue weighted by molar-refractivity contribution is 5.87. The average molecular weight is 204 g/mol. The summed E-state index contributed by atoms with van der Waals surface area (Å²) in [5.74, 6) is 0.368. The molecule has 1 aliphatic rings. The molecule has 0 unspecified atom stereocenters. The maximum absolute atomic E-state index is 11.8. The molecule has 0 bridgehead atoms. The van der Waals surface area contributed by atoms with E-state index in [1.807, 2.05) is 30.3 Å². The van der Waals surface area contributed by atoms with Crippen LogP contribution in [0.1, 0.15) is 25.3 Å². The lowest BCUT2D eigenvalue weighted by molar-refractivity contribution is -0.144. The molecule has 2 atom stereocenters. The van der Waals surface area contributed by atoms with Gasteiger partial charge in [0.1, 0.15) is 0 Å². The molecule has 1 fully saturated rings. The Morgan fingerprint density at radius 2 is 2.13 bits per heavy atom. The van der Waals surface area contributed by atoms with Crippen LogP contribution >= 0.6 is 0 Å². The highest BCUT2D eigenvalue weighted by Crippen LogP contribution is 2.56. The SMILES string of the molecule is CC[C@@H]1C[C@@]1(C(=O)OC)c1ccccc1. The summed E-state index contributed by atoms with van der Waals surface area (Å²) >= 11 is 0. The Hall–Kier alpha value is -1.31. The second kappa shape index (κ2) is 3.69. The van der Waals surface area contributed by atoms with E-state index in [4.69, 9.17) is 4.74 Å². The second-order valence-corrected chi connectivity index (χ2v) is 4.14. The molecule has 0 amide bonds. The van der Waals surface area contributed by atoms with Crippen LogP contribution in [0, 0.1) is 5.92 Å². The number of carbonyl (C=O) groups is 1. The maximum Gasteiger partial charge on any atom is 0.316 e. The first-order valence-corrected chi connectivity index (χ1v) is 5.39. The number of benzene rings is 1. The van der Waals surface area contributed by atoms with Gasteiger partial charge in [-0.3, -0.25) is 4.79 Å². The van der Waals surface area contributed by atoms with Crippen molar-refractivity contribution in [1.82, 2.24) is 0 Å². The molecule has 2 rings (SSSR count). The molecule has 0 spiro atoms. The van der Waals surface area contributed by atoms with Crippen LogP contribution in [0.5, 0.6) is 0 Å². The van der Waals surface area contributed by atoms with E-state index in [0.29, 0.717) is 5.92 Å². The van der Waals surface area contributed by atoms with Gasteiger partial charge in [-0.2, -0.15) is 0 Å². The summed E-state index contributed by atoms with van der Waals surface area (Å²) in [5, 5.41) is 0. The predicted molar refractivity (Wildman–Crippen MR) is 58.5 cm³/mol. The second-order valence-electron chi connectivity index (χ2n) is 4.14. The maximum atomic E-state index is 11.8. The Morgan fingerprint density at radius 3 is 2.60 bits per heavy atom. The lowest BCUT2D eigenvalue weighted by Gasteiger charge is -2.14. The van der Waals surface area contributed by atoms with E-state index in [-0.39, 0.29) is 11.4 Å². The molecular formula is C13H16O2. The topological polar surface area (TPSA) is 26.3 Å². The van der Waals surface area contributed by atoms with Crippen molar-refractivity contribution in [2.24, 2.45) is 5.92 Å². The molecule has 80 valence electrons. The Bertz CT molecular complexity index is 358. The summed E-state index contributed by atoms with van der Waals surface area (Å²) < 4.78 is 4.93. The van der Waals surface area contributed by atoms with Crippen LogP contribution in [-0.4, -0.2) is 13.1 Å². The van der Waals surface area contributed by atoms with Crippen molar-refractivity contribution in [2.75, 3.05) is 7.11 Å². The predicted octanol–water partition coefficient (Wildman–Crippen LogP) is 2.53. The number of ether oxygens (including phenoxy) is 1. The van der Waals surface area contributed by atoms with Gasteiger partial charge in [-0.05, 0) is 17.9 Å². The van der Waals surface area contributed by atoms with Gasteiger partial charge in [0, 0.05) is 0 Å². The fraction of sp³-hybridized carbons (Fsp3) is 0.462. The zero-order chi connectivity index (χ0) is 10.9. The van der Waals surface area contributed by atoms with E-state index in [2.05, 4.69) is 6.92 Å². The Labute approximate surface area is 90.3 Å².